The van der Waals surface area contributed by atoms with Crippen LogP contribution < -0.4 is 0 Å². The summed E-state index contributed by atoms with van der Waals surface area (Å²) in [5, 5.41) is 4.46. The molecule has 0 aromatic carbocycles. The molecule has 2 heterocycles. The quantitative estimate of drug-likeness (QED) is 0.689. The summed E-state index contributed by atoms with van der Waals surface area (Å²) in [4.78, 5) is 13.4. The van der Waals surface area contributed by atoms with Crippen LogP contribution in [0.5, 0.6) is 0 Å². The lowest BCUT2D eigenvalue weighted by molar-refractivity contribution is -0.130. The standard InChI is InChI=1S/C11H17N3O/c1-8(2)10-6-9-4-5-13(3)11(15)7-14(9)12-10/h6,8H,4-5,7H2,1-3H3. The van der Waals surface area contributed by atoms with E-state index >= 15 is 0 Å². The Morgan fingerprint density at radius 1 is 1.47 bits per heavy atom. The van der Waals surface area contributed by atoms with Gasteiger partial charge in [-0.15, -0.1) is 0 Å². The van der Waals surface area contributed by atoms with E-state index in [1.807, 2.05) is 11.7 Å². The molecule has 1 aromatic heterocycles. The molecule has 0 atom stereocenters. The van der Waals surface area contributed by atoms with Gasteiger partial charge in [-0.05, 0) is 12.0 Å². The topological polar surface area (TPSA) is 38.1 Å². The molecule has 0 fully saturated rings. The molecule has 0 radical (unpaired) electrons. The predicted octanol–water partition coefficient (Wildman–Crippen LogP) is 1.02. The normalized spacial score (nSPS) is 16.8. The van der Waals surface area contributed by atoms with Crippen molar-refractivity contribution < 1.29 is 4.79 Å². The largest absolute Gasteiger partial charge is 0.344 e. The smallest absolute Gasteiger partial charge is 0.244 e. The Bertz CT molecular complexity index is 381. The number of rotatable bonds is 1. The summed E-state index contributed by atoms with van der Waals surface area (Å²) >= 11 is 0. The first-order chi connectivity index (χ1) is 7.08. The molecular formula is C11H17N3O. The lowest BCUT2D eigenvalue weighted by atomic mass is 10.1. The van der Waals surface area contributed by atoms with Gasteiger partial charge in [0.2, 0.25) is 5.91 Å². The third-order valence-electron chi connectivity index (χ3n) is 2.89. The number of aromatic nitrogens is 2. The van der Waals surface area contributed by atoms with Gasteiger partial charge in [-0.2, -0.15) is 5.10 Å². The maximum atomic E-state index is 11.6. The van der Waals surface area contributed by atoms with Crippen LogP contribution in [-0.4, -0.2) is 34.2 Å². The maximum absolute atomic E-state index is 11.6. The zero-order valence-corrected chi connectivity index (χ0v) is 9.53. The van der Waals surface area contributed by atoms with Crippen LogP contribution in [0.4, 0.5) is 0 Å². The Morgan fingerprint density at radius 3 is 2.87 bits per heavy atom. The number of amides is 1. The van der Waals surface area contributed by atoms with Gasteiger partial charge in [-0.3, -0.25) is 9.48 Å². The molecule has 0 unspecified atom stereocenters. The van der Waals surface area contributed by atoms with Crippen LogP contribution in [-0.2, 0) is 17.8 Å². The molecule has 1 amide bonds. The van der Waals surface area contributed by atoms with E-state index < -0.39 is 0 Å². The first-order valence-corrected chi connectivity index (χ1v) is 5.38. The third-order valence-corrected chi connectivity index (χ3v) is 2.89. The van der Waals surface area contributed by atoms with Crippen LogP contribution in [0.2, 0.25) is 0 Å². The minimum absolute atomic E-state index is 0.146. The van der Waals surface area contributed by atoms with E-state index in [-0.39, 0.29) is 5.91 Å². The van der Waals surface area contributed by atoms with E-state index in [0.717, 1.165) is 18.7 Å². The van der Waals surface area contributed by atoms with Crippen LogP contribution >= 0.6 is 0 Å². The van der Waals surface area contributed by atoms with Gasteiger partial charge in [0.1, 0.15) is 6.54 Å². The molecule has 0 aliphatic carbocycles. The number of nitrogens with zero attached hydrogens (tertiary/aromatic N) is 3. The van der Waals surface area contributed by atoms with Crippen LogP contribution in [0.25, 0.3) is 0 Å². The van der Waals surface area contributed by atoms with Crippen LogP contribution in [0.1, 0.15) is 31.2 Å². The molecule has 0 saturated heterocycles. The molecule has 0 spiro atoms. The highest BCUT2D eigenvalue weighted by Gasteiger charge is 2.19. The highest BCUT2D eigenvalue weighted by Crippen LogP contribution is 2.16. The third kappa shape index (κ3) is 1.89. The average molecular weight is 207 g/mol. The summed E-state index contributed by atoms with van der Waals surface area (Å²) in [6.07, 6.45) is 0.905. The molecule has 1 aliphatic rings. The highest BCUT2D eigenvalue weighted by atomic mass is 16.2. The SMILES string of the molecule is CC(C)c1cc2n(n1)CC(=O)N(C)CC2. The fourth-order valence-electron chi connectivity index (χ4n) is 1.75. The van der Waals surface area contributed by atoms with Crippen LogP contribution in [0.3, 0.4) is 0 Å². The molecule has 1 aliphatic heterocycles. The Balaban J connectivity index is 2.30. The second-order valence-electron chi connectivity index (χ2n) is 4.44. The van der Waals surface area contributed by atoms with Gasteiger partial charge in [0.15, 0.2) is 0 Å². The molecule has 2 rings (SSSR count). The highest BCUT2D eigenvalue weighted by molar-refractivity contribution is 5.76. The van der Waals surface area contributed by atoms with Crippen LogP contribution in [0.15, 0.2) is 6.07 Å². The molecule has 0 saturated carbocycles. The fourth-order valence-corrected chi connectivity index (χ4v) is 1.75. The number of carbonyl (C=O) groups excluding carboxylic acids is 1. The molecule has 0 N–H and O–H groups in total. The molecule has 15 heavy (non-hydrogen) atoms. The van der Waals surface area contributed by atoms with Gasteiger partial charge in [0.05, 0.1) is 5.69 Å². The summed E-state index contributed by atoms with van der Waals surface area (Å²) in [6.45, 7) is 5.42. The second-order valence-corrected chi connectivity index (χ2v) is 4.44. The number of likely N-dealkylation sites (N-methyl/N-ethyl adjacent to an activating group) is 1. The minimum Gasteiger partial charge on any atom is -0.344 e. The fraction of sp³-hybridized carbons (Fsp3) is 0.636. The Morgan fingerprint density at radius 2 is 2.20 bits per heavy atom. The predicted molar refractivity (Wildman–Crippen MR) is 57.7 cm³/mol. The zero-order chi connectivity index (χ0) is 11.0. The van der Waals surface area contributed by atoms with E-state index in [1.165, 1.54) is 5.69 Å². The molecule has 0 bridgehead atoms. The van der Waals surface area contributed by atoms with Crippen molar-refractivity contribution in [3.05, 3.63) is 17.5 Å². The van der Waals surface area contributed by atoms with E-state index in [2.05, 4.69) is 25.0 Å². The Labute approximate surface area is 89.9 Å². The summed E-state index contributed by atoms with van der Waals surface area (Å²) < 4.78 is 1.85. The van der Waals surface area contributed by atoms with Gasteiger partial charge < -0.3 is 4.90 Å². The van der Waals surface area contributed by atoms with Crippen molar-refractivity contribution in [3.8, 4) is 0 Å². The van der Waals surface area contributed by atoms with E-state index in [4.69, 9.17) is 0 Å². The van der Waals surface area contributed by atoms with Crippen molar-refractivity contribution in [1.29, 1.82) is 0 Å². The summed E-state index contributed by atoms with van der Waals surface area (Å²) in [5.74, 6) is 0.574. The lowest BCUT2D eigenvalue weighted by Gasteiger charge is -2.12. The van der Waals surface area contributed by atoms with Crippen molar-refractivity contribution in [2.45, 2.75) is 32.7 Å². The van der Waals surface area contributed by atoms with Crippen molar-refractivity contribution in [2.24, 2.45) is 0 Å². The number of carbonyl (C=O) groups is 1. The van der Waals surface area contributed by atoms with E-state index in [0.29, 0.717) is 12.5 Å². The minimum atomic E-state index is 0.146. The summed E-state index contributed by atoms with van der Waals surface area (Å²) in [7, 11) is 1.85. The first kappa shape index (κ1) is 10.2. The molecule has 4 nitrogen and oxygen atoms in total. The molecule has 1 aromatic rings. The molecule has 4 heteroatoms. The monoisotopic (exact) mass is 207 g/mol. The number of hydrogen-bond acceptors (Lipinski definition) is 2. The van der Waals surface area contributed by atoms with E-state index in [9.17, 15) is 4.79 Å². The number of fused-ring (bicyclic) bond motifs is 1. The molecule has 82 valence electrons. The average Bonchev–Trinajstić information content (AvgIpc) is 2.52. The zero-order valence-electron chi connectivity index (χ0n) is 9.53. The van der Waals surface area contributed by atoms with Crippen molar-refractivity contribution >= 4 is 5.91 Å². The van der Waals surface area contributed by atoms with E-state index in [1.54, 1.807) is 4.90 Å². The van der Waals surface area contributed by atoms with Gasteiger partial charge in [-0.1, -0.05) is 13.8 Å². The second kappa shape index (κ2) is 3.68. The Kier molecular flexibility index (Phi) is 2.50. The first-order valence-electron chi connectivity index (χ1n) is 5.38. The van der Waals surface area contributed by atoms with Gasteiger partial charge in [-0.25, -0.2) is 0 Å². The van der Waals surface area contributed by atoms with Crippen LogP contribution in [0, 0.1) is 0 Å². The molecular weight excluding hydrogens is 190 g/mol. The van der Waals surface area contributed by atoms with Gasteiger partial charge in [0.25, 0.3) is 0 Å². The lowest BCUT2D eigenvalue weighted by Crippen LogP contribution is -2.29. The van der Waals surface area contributed by atoms with Crippen molar-refractivity contribution in [3.63, 3.8) is 0 Å². The van der Waals surface area contributed by atoms with Gasteiger partial charge in [0, 0.05) is 25.7 Å². The summed E-state index contributed by atoms with van der Waals surface area (Å²) in [6, 6.07) is 2.12. The maximum Gasteiger partial charge on any atom is 0.244 e. The number of hydrogen-bond donors (Lipinski definition) is 0. The summed E-state index contributed by atoms with van der Waals surface area (Å²) in [5.41, 5.74) is 2.26. The van der Waals surface area contributed by atoms with Crippen molar-refractivity contribution in [2.75, 3.05) is 13.6 Å². The van der Waals surface area contributed by atoms with Crippen molar-refractivity contribution in [1.82, 2.24) is 14.7 Å². The van der Waals surface area contributed by atoms with Gasteiger partial charge >= 0.3 is 0 Å². The Hall–Kier alpha value is -1.32.